The summed E-state index contributed by atoms with van der Waals surface area (Å²) in [5, 5.41) is 2.64. The maximum absolute atomic E-state index is 14.1. The van der Waals surface area contributed by atoms with Crippen LogP contribution in [0.25, 0.3) is 0 Å². The number of ether oxygens (including phenoxy) is 1. The van der Waals surface area contributed by atoms with E-state index in [1.54, 1.807) is 31.3 Å². The minimum atomic E-state index is -0.987. The van der Waals surface area contributed by atoms with E-state index in [9.17, 15) is 9.18 Å². The summed E-state index contributed by atoms with van der Waals surface area (Å²) in [6.45, 7) is 3.78. The molecule has 0 spiro atoms. The Labute approximate surface area is 153 Å². The summed E-state index contributed by atoms with van der Waals surface area (Å²) in [6, 6.07) is 9.69. The van der Waals surface area contributed by atoms with Crippen molar-refractivity contribution in [1.82, 2.24) is 4.98 Å². The van der Waals surface area contributed by atoms with Gasteiger partial charge in [0.25, 0.3) is 0 Å². The fraction of sp³-hybridized carbons (Fsp3) is 0.333. The summed E-state index contributed by atoms with van der Waals surface area (Å²) in [5.74, 6) is -0.799. The van der Waals surface area contributed by atoms with Crippen LogP contribution in [0, 0.1) is 5.82 Å². The molecule has 7 heteroatoms. The number of hydrogen-bond donors (Lipinski definition) is 2. The van der Waals surface area contributed by atoms with Gasteiger partial charge in [-0.15, -0.1) is 12.4 Å². The first-order valence-corrected chi connectivity index (χ1v) is 7.85. The highest BCUT2D eigenvalue weighted by Gasteiger charge is 2.27. The zero-order valence-electron chi connectivity index (χ0n) is 14.3. The summed E-state index contributed by atoms with van der Waals surface area (Å²) in [6.07, 6.45) is 2.98. The van der Waals surface area contributed by atoms with E-state index in [0.717, 1.165) is 6.42 Å². The van der Waals surface area contributed by atoms with Gasteiger partial charge in [0, 0.05) is 18.0 Å². The van der Waals surface area contributed by atoms with Crippen molar-refractivity contribution in [1.29, 1.82) is 0 Å². The van der Waals surface area contributed by atoms with Gasteiger partial charge in [-0.2, -0.15) is 0 Å². The van der Waals surface area contributed by atoms with Crippen LogP contribution >= 0.6 is 12.4 Å². The monoisotopic (exact) mass is 367 g/mol. The number of carbonyl (C=O) groups excluding carboxylic acids is 1. The van der Waals surface area contributed by atoms with Crippen LogP contribution in [0.5, 0.6) is 5.75 Å². The minimum Gasteiger partial charge on any atom is -0.484 e. The number of halogens is 2. The van der Waals surface area contributed by atoms with Crippen LogP contribution in [-0.2, 0) is 11.4 Å². The van der Waals surface area contributed by atoms with E-state index in [1.165, 1.54) is 12.1 Å². The molecule has 0 aliphatic heterocycles. The smallest absolute Gasteiger partial charge is 0.244 e. The van der Waals surface area contributed by atoms with Crippen molar-refractivity contribution in [2.45, 2.75) is 38.8 Å². The van der Waals surface area contributed by atoms with Gasteiger partial charge in [0.15, 0.2) is 11.6 Å². The minimum absolute atomic E-state index is 0. The number of nitrogens with two attached hydrogens (primary N) is 1. The van der Waals surface area contributed by atoms with Gasteiger partial charge < -0.3 is 15.8 Å². The molecule has 0 aliphatic rings. The lowest BCUT2D eigenvalue weighted by Gasteiger charge is -2.22. The Bertz CT molecular complexity index is 696. The summed E-state index contributed by atoms with van der Waals surface area (Å²) in [4.78, 5) is 16.2. The van der Waals surface area contributed by atoms with E-state index < -0.39 is 11.4 Å². The number of nitrogens with one attached hydrogen (secondary N) is 1. The van der Waals surface area contributed by atoms with E-state index >= 15 is 0 Å². The SMILES string of the molecule is CCCC(C)(N)C(=O)Nc1ccc(OCc2ccccn2)c(F)c1.Cl. The number of rotatable bonds is 7. The highest BCUT2D eigenvalue weighted by atomic mass is 35.5. The standard InChI is InChI=1S/C18H22FN3O2.ClH/c1-3-9-18(2,20)17(23)22-13-7-8-16(15(19)11-13)24-12-14-6-4-5-10-21-14;/h4-8,10-11H,3,9,12,20H2,1-2H3,(H,22,23);1H. The number of amides is 1. The van der Waals surface area contributed by atoms with Crippen molar-refractivity contribution >= 4 is 24.0 Å². The molecule has 0 bridgehead atoms. The lowest BCUT2D eigenvalue weighted by Crippen LogP contribution is -2.48. The van der Waals surface area contributed by atoms with Crippen molar-refractivity contribution in [3.8, 4) is 5.75 Å². The Morgan fingerprint density at radius 2 is 2.12 bits per heavy atom. The molecule has 136 valence electrons. The van der Waals surface area contributed by atoms with Gasteiger partial charge in [0.05, 0.1) is 11.2 Å². The molecular formula is C18H23ClFN3O2. The van der Waals surface area contributed by atoms with Crippen molar-refractivity contribution in [2.24, 2.45) is 5.73 Å². The first-order chi connectivity index (χ1) is 11.4. The van der Waals surface area contributed by atoms with Crippen LogP contribution in [0.2, 0.25) is 0 Å². The normalized spacial score (nSPS) is 12.6. The lowest BCUT2D eigenvalue weighted by atomic mass is 9.96. The first-order valence-electron chi connectivity index (χ1n) is 7.85. The van der Waals surface area contributed by atoms with Crippen LogP contribution in [0.3, 0.4) is 0 Å². The third-order valence-electron chi connectivity index (χ3n) is 3.58. The Morgan fingerprint density at radius 1 is 1.36 bits per heavy atom. The molecule has 1 unspecified atom stereocenters. The fourth-order valence-corrected chi connectivity index (χ4v) is 2.24. The molecule has 3 N–H and O–H groups in total. The van der Waals surface area contributed by atoms with Crippen molar-refractivity contribution in [2.75, 3.05) is 5.32 Å². The number of hydrogen-bond acceptors (Lipinski definition) is 4. The molecule has 0 saturated carbocycles. The van der Waals surface area contributed by atoms with Gasteiger partial charge in [-0.05, 0) is 37.6 Å². The van der Waals surface area contributed by atoms with Gasteiger partial charge >= 0.3 is 0 Å². The number of benzene rings is 1. The highest BCUT2D eigenvalue weighted by molar-refractivity contribution is 5.97. The molecule has 5 nitrogen and oxygen atoms in total. The van der Waals surface area contributed by atoms with Gasteiger partial charge in [0.2, 0.25) is 5.91 Å². The highest BCUT2D eigenvalue weighted by Crippen LogP contribution is 2.23. The van der Waals surface area contributed by atoms with E-state index in [2.05, 4.69) is 10.3 Å². The topological polar surface area (TPSA) is 77.2 Å². The van der Waals surface area contributed by atoms with Gasteiger partial charge in [-0.25, -0.2) is 4.39 Å². The van der Waals surface area contributed by atoms with Crippen LogP contribution in [0.4, 0.5) is 10.1 Å². The quantitative estimate of drug-likeness (QED) is 0.782. The van der Waals surface area contributed by atoms with Crippen molar-refractivity contribution in [3.05, 3.63) is 54.1 Å². The molecule has 25 heavy (non-hydrogen) atoms. The van der Waals surface area contributed by atoms with E-state index in [4.69, 9.17) is 10.5 Å². The van der Waals surface area contributed by atoms with Gasteiger partial charge in [0.1, 0.15) is 6.61 Å². The molecule has 0 fully saturated rings. The number of aromatic nitrogens is 1. The average molecular weight is 368 g/mol. The molecule has 0 radical (unpaired) electrons. The second-order valence-electron chi connectivity index (χ2n) is 5.88. The van der Waals surface area contributed by atoms with E-state index in [1.807, 2.05) is 13.0 Å². The number of anilines is 1. The van der Waals surface area contributed by atoms with Crippen LogP contribution < -0.4 is 15.8 Å². The Morgan fingerprint density at radius 3 is 2.72 bits per heavy atom. The molecule has 0 aliphatic carbocycles. The molecule has 0 saturated heterocycles. The number of carbonyl (C=O) groups is 1. The maximum Gasteiger partial charge on any atom is 0.244 e. The molecule has 2 rings (SSSR count). The summed E-state index contributed by atoms with van der Waals surface area (Å²) in [7, 11) is 0. The number of pyridine rings is 1. The van der Waals surface area contributed by atoms with Crippen LogP contribution in [0.15, 0.2) is 42.6 Å². The third kappa shape index (κ3) is 5.99. The summed E-state index contributed by atoms with van der Waals surface area (Å²) in [5.41, 5.74) is 6.02. The Hall–Kier alpha value is -2.18. The van der Waals surface area contributed by atoms with Gasteiger partial charge in [-0.3, -0.25) is 9.78 Å². The molecule has 1 amide bonds. The van der Waals surface area contributed by atoms with Gasteiger partial charge in [-0.1, -0.05) is 19.4 Å². The average Bonchev–Trinajstić information content (AvgIpc) is 2.55. The molecule has 2 aromatic rings. The molecular weight excluding hydrogens is 345 g/mol. The molecule has 1 aromatic carbocycles. The largest absolute Gasteiger partial charge is 0.484 e. The Balaban J connectivity index is 0.00000312. The fourth-order valence-electron chi connectivity index (χ4n) is 2.24. The first kappa shape index (κ1) is 20.9. The second kappa shape index (κ2) is 9.34. The third-order valence-corrected chi connectivity index (χ3v) is 3.58. The van der Waals surface area contributed by atoms with E-state index in [-0.39, 0.29) is 30.7 Å². The van der Waals surface area contributed by atoms with Crippen molar-refractivity contribution < 1.29 is 13.9 Å². The zero-order chi connectivity index (χ0) is 17.6. The predicted molar refractivity (Wildman–Crippen MR) is 98.3 cm³/mol. The van der Waals surface area contributed by atoms with Crippen LogP contribution in [0.1, 0.15) is 32.4 Å². The summed E-state index contributed by atoms with van der Waals surface area (Å²) < 4.78 is 19.5. The lowest BCUT2D eigenvalue weighted by molar-refractivity contribution is -0.120. The van der Waals surface area contributed by atoms with Crippen molar-refractivity contribution in [3.63, 3.8) is 0 Å². The van der Waals surface area contributed by atoms with Crippen LogP contribution in [-0.4, -0.2) is 16.4 Å². The molecule has 1 atom stereocenters. The molecule has 1 heterocycles. The predicted octanol–water partition coefficient (Wildman–Crippen LogP) is 3.68. The Kier molecular flexibility index (Phi) is 7.80. The zero-order valence-corrected chi connectivity index (χ0v) is 15.1. The second-order valence-corrected chi connectivity index (χ2v) is 5.88. The summed E-state index contributed by atoms with van der Waals surface area (Å²) >= 11 is 0. The maximum atomic E-state index is 14.1. The number of nitrogens with zero attached hydrogens (tertiary/aromatic N) is 1. The van der Waals surface area contributed by atoms with E-state index in [0.29, 0.717) is 17.8 Å². The molecule has 1 aromatic heterocycles.